The maximum absolute atomic E-state index is 8.48. The second-order valence-electron chi connectivity index (χ2n) is 3.12. The molecule has 0 bridgehead atoms. The molecule has 1 aromatic heterocycles. The molecule has 1 aliphatic rings. The molecule has 0 aliphatic heterocycles. The molecule has 4 nitrogen and oxygen atoms in total. The zero-order chi connectivity index (χ0) is 9.10. The van der Waals surface area contributed by atoms with Crippen LogP contribution in [0.3, 0.4) is 0 Å². The molecule has 1 saturated carbocycles. The number of nitrogens with zero attached hydrogens (tertiary/aromatic N) is 4. The summed E-state index contributed by atoms with van der Waals surface area (Å²) in [5, 5.41) is 12.4. The van der Waals surface area contributed by atoms with Crippen molar-refractivity contribution in [2.75, 3.05) is 0 Å². The fourth-order valence-electron chi connectivity index (χ4n) is 1.24. The molecule has 66 valence electrons. The number of hydrogen-bond acceptors (Lipinski definition) is 3. The molecule has 0 spiro atoms. The zero-order valence-electron chi connectivity index (χ0n) is 7.27. The van der Waals surface area contributed by atoms with Crippen molar-refractivity contribution in [2.45, 2.75) is 25.8 Å². The number of hydrogen-bond donors (Lipinski definition) is 0. The van der Waals surface area contributed by atoms with Crippen LogP contribution in [0.2, 0.25) is 0 Å². The molecule has 1 aliphatic carbocycles. The van der Waals surface area contributed by atoms with Crippen molar-refractivity contribution in [3.63, 3.8) is 0 Å². The van der Waals surface area contributed by atoms with E-state index >= 15 is 0 Å². The van der Waals surface area contributed by atoms with Gasteiger partial charge in [0.1, 0.15) is 12.4 Å². The fourth-order valence-corrected chi connectivity index (χ4v) is 1.24. The van der Waals surface area contributed by atoms with Crippen LogP contribution in [0.4, 0.5) is 0 Å². The topological polar surface area (TPSA) is 54.5 Å². The second kappa shape index (κ2) is 3.40. The lowest BCUT2D eigenvalue weighted by Gasteiger charge is -2.15. The molecule has 0 N–H and O–H groups in total. The van der Waals surface area contributed by atoms with Crippen LogP contribution in [0.5, 0.6) is 0 Å². The molecule has 13 heavy (non-hydrogen) atoms. The molecule has 0 saturated heterocycles. The van der Waals surface area contributed by atoms with E-state index in [4.69, 9.17) is 5.26 Å². The second-order valence-corrected chi connectivity index (χ2v) is 3.12. The van der Waals surface area contributed by atoms with E-state index in [1.165, 1.54) is 24.8 Å². The summed E-state index contributed by atoms with van der Waals surface area (Å²) in [5.74, 6) is 0.243. The SMILES string of the molecule is N#Cc1ncn(CC=C2CCC2)n1. The van der Waals surface area contributed by atoms with Gasteiger partial charge in [-0.25, -0.2) is 9.67 Å². The van der Waals surface area contributed by atoms with Crippen LogP contribution in [-0.2, 0) is 6.54 Å². The lowest BCUT2D eigenvalue weighted by atomic mass is 9.92. The van der Waals surface area contributed by atoms with Gasteiger partial charge in [0.15, 0.2) is 0 Å². The highest BCUT2D eigenvalue weighted by Crippen LogP contribution is 2.24. The largest absolute Gasteiger partial charge is 0.252 e. The van der Waals surface area contributed by atoms with Gasteiger partial charge in [-0.3, -0.25) is 0 Å². The van der Waals surface area contributed by atoms with Crippen molar-refractivity contribution in [3.8, 4) is 6.07 Å². The Morgan fingerprint density at radius 1 is 1.62 bits per heavy atom. The van der Waals surface area contributed by atoms with Gasteiger partial charge in [0.05, 0.1) is 6.54 Å². The van der Waals surface area contributed by atoms with Gasteiger partial charge in [0.2, 0.25) is 0 Å². The Labute approximate surface area is 76.5 Å². The maximum atomic E-state index is 8.48. The van der Waals surface area contributed by atoms with Crippen LogP contribution in [0, 0.1) is 11.3 Å². The molecular formula is C9H10N4. The molecule has 2 rings (SSSR count). The van der Waals surface area contributed by atoms with Gasteiger partial charge in [-0.1, -0.05) is 11.6 Å². The number of rotatable bonds is 2. The van der Waals surface area contributed by atoms with Crippen molar-refractivity contribution in [1.29, 1.82) is 5.26 Å². The molecule has 0 unspecified atom stereocenters. The highest BCUT2D eigenvalue weighted by molar-refractivity contribution is 5.10. The van der Waals surface area contributed by atoms with Crippen LogP contribution >= 0.6 is 0 Å². The van der Waals surface area contributed by atoms with Crippen LogP contribution in [0.1, 0.15) is 25.1 Å². The first-order chi connectivity index (χ1) is 6.38. The van der Waals surface area contributed by atoms with E-state index in [1.807, 2.05) is 6.07 Å². The predicted molar refractivity (Wildman–Crippen MR) is 46.7 cm³/mol. The standard InChI is InChI=1S/C9H10N4/c10-6-9-11-7-13(12-9)5-4-8-2-1-3-8/h4,7H,1-3,5H2. The molecule has 1 heterocycles. The van der Waals surface area contributed by atoms with Crippen molar-refractivity contribution in [1.82, 2.24) is 14.8 Å². The highest BCUT2D eigenvalue weighted by Gasteiger charge is 2.07. The van der Waals surface area contributed by atoms with Crippen LogP contribution in [-0.4, -0.2) is 14.8 Å². The van der Waals surface area contributed by atoms with Crippen LogP contribution in [0.25, 0.3) is 0 Å². The van der Waals surface area contributed by atoms with Gasteiger partial charge < -0.3 is 0 Å². The van der Waals surface area contributed by atoms with Gasteiger partial charge in [0.25, 0.3) is 5.82 Å². The van der Waals surface area contributed by atoms with E-state index < -0.39 is 0 Å². The Hall–Kier alpha value is -1.63. The average molecular weight is 174 g/mol. The first-order valence-electron chi connectivity index (χ1n) is 4.36. The summed E-state index contributed by atoms with van der Waals surface area (Å²) in [4.78, 5) is 3.82. The van der Waals surface area contributed by atoms with Crippen LogP contribution in [0.15, 0.2) is 18.0 Å². The predicted octanol–water partition coefficient (Wildman–Crippen LogP) is 1.26. The normalized spacial score (nSPS) is 14.8. The molecule has 0 aromatic carbocycles. The maximum Gasteiger partial charge on any atom is 0.252 e. The summed E-state index contributed by atoms with van der Waals surface area (Å²) >= 11 is 0. The van der Waals surface area contributed by atoms with E-state index in [9.17, 15) is 0 Å². The van der Waals surface area contributed by atoms with Gasteiger partial charge in [0, 0.05) is 0 Å². The Bertz CT molecular complexity index is 363. The molecule has 0 amide bonds. The summed E-state index contributed by atoms with van der Waals surface area (Å²) in [5.41, 5.74) is 1.49. The fraction of sp³-hybridized carbons (Fsp3) is 0.444. The summed E-state index contributed by atoms with van der Waals surface area (Å²) in [6.45, 7) is 0.740. The van der Waals surface area contributed by atoms with E-state index in [-0.39, 0.29) is 5.82 Å². The lowest BCUT2D eigenvalue weighted by molar-refractivity contribution is 0.632. The minimum atomic E-state index is 0.243. The third-order valence-electron chi connectivity index (χ3n) is 2.20. The summed E-state index contributed by atoms with van der Waals surface area (Å²) in [7, 11) is 0. The number of nitriles is 1. The van der Waals surface area contributed by atoms with E-state index in [2.05, 4.69) is 16.2 Å². The van der Waals surface area contributed by atoms with Gasteiger partial charge in [-0.05, 0) is 19.3 Å². The Morgan fingerprint density at radius 2 is 2.46 bits per heavy atom. The molecule has 4 heteroatoms. The quantitative estimate of drug-likeness (QED) is 0.634. The van der Waals surface area contributed by atoms with Crippen molar-refractivity contribution < 1.29 is 0 Å². The minimum absolute atomic E-state index is 0.243. The zero-order valence-corrected chi connectivity index (χ0v) is 7.27. The smallest absolute Gasteiger partial charge is 0.248 e. The summed E-state index contributed by atoms with van der Waals surface area (Å²) in [6.07, 6.45) is 7.51. The number of aromatic nitrogens is 3. The Balaban J connectivity index is 1.98. The lowest BCUT2D eigenvalue weighted by Crippen LogP contribution is -2.01. The summed E-state index contributed by atoms with van der Waals surface area (Å²) in [6, 6.07) is 1.90. The highest BCUT2D eigenvalue weighted by atomic mass is 15.3. The van der Waals surface area contributed by atoms with E-state index in [1.54, 1.807) is 11.0 Å². The molecule has 0 radical (unpaired) electrons. The Kier molecular flexibility index (Phi) is 2.09. The van der Waals surface area contributed by atoms with E-state index in [0.717, 1.165) is 6.54 Å². The Morgan fingerprint density at radius 3 is 3.00 bits per heavy atom. The average Bonchev–Trinajstić information content (AvgIpc) is 2.49. The minimum Gasteiger partial charge on any atom is -0.248 e. The first kappa shape index (κ1) is 7.99. The molecule has 0 atom stereocenters. The molecular weight excluding hydrogens is 164 g/mol. The molecule has 1 aromatic rings. The first-order valence-corrected chi connectivity index (χ1v) is 4.36. The third kappa shape index (κ3) is 1.75. The van der Waals surface area contributed by atoms with Gasteiger partial charge >= 0.3 is 0 Å². The van der Waals surface area contributed by atoms with Gasteiger partial charge in [-0.15, -0.1) is 5.10 Å². The molecule has 1 fully saturated rings. The monoisotopic (exact) mass is 174 g/mol. The van der Waals surface area contributed by atoms with Crippen molar-refractivity contribution in [2.24, 2.45) is 0 Å². The van der Waals surface area contributed by atoms with Crippen LogP contribution < -0.4 is 0 Å². The van der Waals surface area contributed by atoms with Crippen molar-refractivity contribution in [3.05, 3.63) is 23.8 Å². The summed E-state index contributed by atoms with van der Waals surface area (Å²) < 4.78 is 1.68. The van der Waals surface area contributed by atoms with E-state index in [0.29, 0.717) is 0 Å². The van der Waals surface area contributed by atoms with Gasteiger partial charge in [-0.2, -0.15) is 5.26 Å². The van der Waals surface area contributed by atoms with Crippen molar-refractivity contribution >= 4 is 0 Å². The number of allylic oxidation sites excluding steroid dienone is 2. The third-order valence-corrected chi connectivity index (χ3v) is 2.20.